The molecule has 46 valence electrons. The van der Waals surface area contributed by atoms with Crippen molar-refractivity contribution in [2.75, 3.05) is 0 Å². The molecule has 0 unspecified atom stereocenters. The molecule has 0 spiro atoms. The third kappa shape index (κ3) is 1.19. The zero-order valence-electron chi connectivity index (χ0n) is 5.76. The Kier molecular flexibility index (Phi) is 1.77. The standard InChI is InChI=1S/C8H6BN/c1-6-2-3-8(9)4-7(6)5-10/h2-4H,1H3. The molecule has 1 rings (SSSR count). The van der Waals surface area contributed by atoms with E-state index in [1.165, 1.54) is 0 Å². The van der Waals surface area contributed by atoms with Crippen molar-refractivity contribution >= 4 is 13.3 Å². The maximum Gasteiger partial charge on any atom is 0.113 e. The lowest BCUT2D eigenvalue weighted by atomic mass is 9.93. The maximum atomic E-state index is 8.54. The molecule has 0 amide bonds. The van der Waals surface area contributed by atoms with Crippen molar-refractivity contribution in [3.8, 4) is 6.07 Å². The van der Waals surface area contributed by atoms with Gasteiger partial charge in [-0.1, -0.05) is 23.7 Å². The van der Waals surface area contributed by atoms with Gasteiger partial charge in [-0.25, -0.2) is 0 Å². The van der Waals surface area contributed by atoms with E-state index in [1.54, 1.807) is 12.1 Å². The normalized spacial score (nSPS) is 8.80. The Morgan fingerprint density at radius 3 is 2.70 bits per heavy atom. The molecule has 0 N–H and O–H groups in total. The van der Waals surface area contributed by atoms with Crippen LogP contribution in [0.25, 0.3) is 0 Å². The van der Waals surface area contributed by atoms with Gasteiger partial charge < -0.3 is 0 Å². The third-order valence-corrected chi connectivity index (χ3v) is 1.38. The molecule has 1 nitrogen and oxygen atoms in total. The zero-order valence-corrected chi connectivity index (χ0v) is 5.76. The molecule has 0 aliphatic carbocycles. The molecule has 0 bridgehead atoms. The zero-order chi connectivity index (χ0) is 7.56. The minimum absolute atomic E-state index is 0.641. The molecule has 0 aromatic heterocycles. The van der Waals surface area contributed by atoms with Gasteiger partial charge in [0.1, 0.15) is 7.85 Å². The van der Waals surface area contributed by atoms with Gasteiger partial charge in [0, 0.05) is 0 Å². The summed E-state index contributed by atoms with van der Waals surface area (Å²) in [6, 6.07) is 7.36. The predicted molar refractivity (Wildman–Crippen MR) is 41.3 cm³/mol. The van der Waals surface area contributed by atoms with Crippen LogP contribution in [0.2, 0.25) is 0 Å². The van der Waals surface area contributed by atoms with E-state index in [1.807, 2.05) is 13.0 Å². The Bertz CT molecular complexity index is 286. The van der Waals surface area contributed by atoms with Crippen LogP contribution in [0.1, 0.15) is 11.1 Å². The summed E-state index contributed by atoms with van der Waals surface area (Å²) in [6.45, 7) is 1.89. The summed E-state index contributed by atoms with van der Waals surface area (Å²) in [4.78, 5) is 0. The SMILES string of the molecule is [B]c1ccc(C)c(C#N)c1. The van der Waals surface area contributed by atoms with E-state index in [0.29, 0.717) is 11.0 Å². The van der Waals surface area contributed by atoms with Crippen molar-refractivity contribution in [1.82, 2.24) is 0 Å². The van der Waals surface area contributed by atoms with Crippen LogP contribution >= 0.6 is 0 Å². The number of rotatable bonds is 0. The lowest BCUT2D eigenvalue weighted by molar-refractivity contribution is 1.41. The summed E-state index contributed by atoms with van der Waals surface area (Å²) in [5.41, 5.74) is 2.26. The van der Waals surface area contributed by atoms with Crippen LogP contribution in [-0.4, -0.2) is 7.85 Å². The first kappa shape index (κ1) is 6.89. The first-order valence-electron chi connectivity index (χ1n) is 3.00. The molecule has 2 radical (unpaired) electrons. The summed E-state index contributed by atoms with van der Waals surface area (Å²) < 4.78 is 0. The molecule has 0 saturated carbocycles. The largest absolute Gasteiger partial charge is 0.192 e. The Morgan fingerprint density at radius 2 is 2.20 bits per heavy atom. The van der Waals surface area contributed by atoms with Gasteiger partial charge in [-0.05, 0) is 12.5 Å². The predicted octanol–water partition coefficient (Wildman–Crippen LogP) is 0.660. The van der Waals surface area contributed by atoms with E-state index >= 15 is 0 Å². The summed E-state index contributed by atoms with van der Waals surface area (Å²) in [7, 11) is 5.45. The Balaban J connectivity index is 3.25. The van der Waals surface area contributed by atoms with E-state index in [0.717, 1.165) is 5.56 Å². The second-order valence-corrected chi connectivity index (χ2v) is 2.19. The highest BCUT2D eigenvalue weighted by molar-refractivity contribution is 6.32. The molecule has 0 heterocycles. The van der Waals surface area contributed by atoms with Crippen LogP contribution in [0.5, 0.6) is 0 Å². The van der Waals surface area contributed by atoms with Crippen LogP contribution in [0.15, 0.2) is 18.2 Å². The molecule has 1 aromatic carbocycles. The van der Waals surface area contributed by atoms with Gasteiger partial charge in [0.25, 0.3) is 0 Å². The summed E-state index contributed by atoms with van der Waals surface area (Å²) in [5.74, 6) is 0. The fourth-order valence-electron chi connectivity index (χ4n) is 0.760. The van der Waals surface area contributed by atoms with E-state index in [9.17, 15) is 0 Å². The maximum absolute atomic E-state index is 8.54. The van der Waals surface area contributed by atoms with Crippen LogP contribution < -0.4 is 5.46 Å². The van der Waals surface area contributed by atoms with E-state index in [-0.39, 0.29) is 0 Å². The summed E-state index contributed by atoms with van der Waals surface area (Å²) >= 11 is 0. The minimum Gasteiger partial charge on any atom is -0.192 e. The van der Waals surface area contributed by atoms with Gasteiger partial charge in [-0.3, -0.25) is 0 Å². The second kappa shape index (κ2) is 2.57. The van der Waals surface area contributed by atoms with Crippen molar-refractivity contribution in [3.05, 3.63) is 29.3 Å². The Labute approximate surface area is 61.7 Å². The summed E-state index contributed by atoms with van der Waals surface area (Å²) in [6.07, 6.45) is 0. The van der Waals surface area contributed by atoms with E-state index < -0.39 is 0 Å². The highest BCUT2D eigenvalue weighted by Gasteiger charge is 1.93. The first-order valence-corrected chi connectivity index (χ1v) is 3.00. The van der Waals surface area contributed by atoms with Crippen molar-refractivity contribution in [1.29, 1.82) is 5.26 Å². The number of nitrogens with zero attached hydrogens (tertiary/aromatic N) is 1. The average Bonchev–Trinajstić information content (AvgIpc) is 1.94. The highest BCUT2D eigenvalue weighted by Crippen LogP contribution is 2.01. The molecule has 2 heteroatoms. The van der Waals surface area contributed by atoms with Crippen LogP contribution in [0.3, 0.4) is 0 Å². The third-order valence-electron chi connectivity index (χ3n) is 1.38. The smallest absolute Gasteiger partial charge is 0.113 e. The molecular formula is C8H6BN. The Hall–Kier alpha value is -1.23. The number of aryl methyl sites for hydroxylation is 1. The van der Waals surface area contributed by atoms with Crippen LogP contribution in [0, 0.1) is 18.3 Å². The van der Waals surface area contributed by atoms with Crippen molar-refractivity contribution in [2.45, 2.75) is 6.92 Å². The van der Waals surface area contributed by atoms with Crippen molar-refractivity contribution in [3.63, 3.8) is 0 Å². The molecule has 0 aliphatic rings. The van der Waals surface area contributed by atoms with E-state index in [4.69, 9.17) is 13.1 Å². The number of hydrogen-bond acceptors (Lipinski definition) is 1. The molecule has 10 heavy (non-hydrogen) atoms. The molecule has 0 fully saturated rings. The Morgan fingerprint density at radius 1 is 1.50 bits per heavy atom. The second-order valence-electron chi connectivity index (χ2n) is 2.19. The summed E-state index contributed by atoms with van der Waals surface area (Å²) in [5, 5.41) is 8.54. The van der Waals surface area contributed by atoms with Gasteiger partial charge in [-0.2, -0.15) is 5.26 Å². The minimum atomic E-state index is 0.641. The highest BCUT2D eigenvalue weighted by atomic mass is 14.2. The average molecular weight is 127 g/mol. The van der Waals surface area contributed by atoms with Crippen LogP contribution in [0.4, 0.5) is 0 Å². The van der Waals surface area contributed by atoms with Crippen molar-refractivity contribution < 1.29 is 0 Å². The van der Waals surface area contributed by atoms with Gasteiger partial charge in [-0.15, -0.1) is 0 Å². The fraction of sp³-hybridized carbons (Fsp3) is 0.125. The quantitative estimate of drug-likeness (QED) is 0.469. The first-order chi connectivity index (χ1) is 4.74. The molecular weight excluding hydrogens is 121 g/mol. The topological polar surface area (TPSA) is 23.8 Å². The van der Waals surface area contributed by atoms with Gasteiger partial charge in [0.05, 0.1) is 11.6 Å². The monoisotopic (exact) mass is 127 g/mol. The van der Waals surface area contributed by atoms with Gasteiger partial charge >= 0.3 is 0 Å². The molecule has 1 aromatic rings. The lowest BCUT2D eigenvalue weighted by Gasteiger charge is -1.96. The molecule has 0 atom stereocenters. The van der Waals surface area contributed by atoms with Crippen molar-refractivity contribution in [2.24, 2.45) is 0 Å². The molecule has 0 saturated heterocycles. The van der Waals surface area contributed by atoms with Gasteiger partial charge in [0.15, 0.2) is 0 Å². The number of nitriles is 1. The fourth-order valence-corrected chi connectivity index (χ4v) is 0.760. The van der Waals surface area contributed by atoms with Crippen LogP contribution in [-0.2, 0) is 0 Å². The molecule has 0 aliphatic heterocycles. The van der Waals surface area contributed by atoms with E-state index in [2.05, 4.69) is 6.07 Å². The number of benzene rings is 1. The van der Waals surface area contributed by atoms with Gasteiger partial charge in [0.2, 0.25) is 0 Å². The lowest BCUT2D eigenvalue weighted by Crippen LogP contribution is -2.02. The number of hydrogen-bond donors (Lipinski definition) is 0.